The van der Waals surface area contributed by atoms with Crippen molar-refractivity contribution in [3.8, 4) is 0 Å². The number of carbonyl (C=O) groups is 1. The van der Waals surface area contributed by atoms with Crippen molar-refractivity contribution in [2.24, 2.45) is 0 Å². The molecule has 0 N–H and O–H groups in total. The molecule has 0 saturated carbocycles. The minimum absolute atomic E-state index is 0.0968. The lowest BCUT2D eigenvalue weighted by Crippen LogP contribution is -2.39. The van der Waals surface area contributed by atoms with E-state index in [1.54, 1.807) is 6.92 Å². The summed E-state index contributed by atoms with van der Waals surface area (Å²) < 4.78 is 0. The number of ketones is 1. The molecule has 0 spiro atoms. The van der Waals surface area contributed by atoms with E-state index in [-0.39, 0.29) is 17.9 Å². The van der Waals surface area contributed by atoms with Gasteiger partial charge in [-0.25, -0.2) is 0 Å². The van der Waals surface area contributed by atoms with Crippen molar-refractivity contribution in [2.45, 2.75) is 39.4 Å². The fraction of sp³-hybridized carbons (Fsp3) is 0.316. The minimum atomic E-state index is -0.0968. The first kappa shape index (κ1) is 15.5. The van der Waals surface area contributed by atoms with E-state index in [2.05, 4.69) is 36.1 Å². The van der Waals surface area contributed by atoms with Gasteiger partial charge in [0.1, 0.15) is 5.78 Å². The summed E-state index contributed by atoms with van der Waals surface area (Å²) in [5, 5.41) is 0. The number of hydrogen-bond donors (Lipinski definition) is 0. The number of nitrogens with zero attached hydrogens (tertiary/aromatic N) is 1. The lowest BCUT2D eigenvalue weighted by molar-refractivity contribution is -0.122. The molecular formula is C19H23NO. The van der Waals surface area contributed by atoms with Crippen LogP contribution >= 0.6 is 0 Å². The molecule has 2 nitrogen and oxygen atoms in total. The van der Waals surface area contributed by atoms with Crippen LogP contribution in [0.15, 0.2) is 60.7 Å². The van der Waals surface area contributed by atoms with E-state index in [0.717, 1.165) is 6.54 Å². The fourth-order valence-corrected chi connectivity index (χ4v) is 2.56. The molecule has 2 rings (SSSR count). The van der Waals surface area contributed by atoms with Gasteiger partial charge >= 0.3 is 0 Å². The summed E-state index contributed by atoms with van der Waals surface area (Å²) in [6.45, 7) is 6.60. The predicted molar refractivity (Wildman–Crippen MR) is 87.0 cm³/mol. The van der Waals surface area contributed by atoms with Gasteiger partial charge in [-0.2, -0.15) is 0 Å². The van der Waals surface area contributed by atoms with Gasteiger partial charge in [0.25, 0.3) is 0 Å². The number of carbonyl (C=O) groups excluding carboxylic acids is 1. The average molecular weight is 281 g/mol. The Morgan fingerprint density at radius 3 is 2.00 bits per heavy atom. The van der Waals surface area contributed by atoms with Gasteiger partial charge in [0.15, 0.2) is 0 Å². The first-order valence-corrected chi connectivity index (χ1v) is 7.44. The van der Waals surface area contributed by atoms with Crippen LogP contribution in [-0.4, -0.2) is 16.7 Å². The van der Waals surface area contributed by atoms with Crippen molar-refractivity contribution < 1.29 is 4.79 Å². The SMILES string of the molecule is CC(=O)[C@@H](C)N(Cc1ccccc1)[C@H](C)c1ccccc1. The van der Waals surface area contributed by atoms with E-state index in [4.69, 9.17) is 0 Å². The molecule has 0 aliphatic carbocycles. The molecule has 0 unspecified atom stereocenters. The quantitative estimate of drug-likeness (QED) is 0.790. The highest BCUT2D eigenvalue weighted by atomic mass is 16.1. The molecule has 0 aromatic heterocycles. The Kier molecular flexibility index (Phi) is 5.29. The lowest BCUT2D eigenvalue weighted by Gasteiger charge is -2.33. The molecule has 110 valence electrons. The van der Waals surface area contributed by atoms with Crippen LogP contribution in [0.1, 0.15) is 37.9 Å². The van der Waals surface area contributed by atoms with Crippen molar-refractivity contribution in [3.63, 3.8) is 0 Å². The van der Waals surface area contributed by atoms with Crippen molar-refractivity contribution in [3.05, 3.63) is 71.8 Å². The number of rotatable bonds is 6. The zero-order valence-electron chi connectivity index (χ0n) is 13.0. The molecular weight excluding hydrogens is 258 g/mol. The standard InChI is InChI=1S/C19H23NO/c1-15(17(3)21)20(14-18-10-6-4-7-11-18)16(2)19-12-8-5-9-13-19/h4-13,15-16H,14H2,1-3H3/t15-,16-/m1/s1. The van der Waals surface area contributed by atoms with E-state index >= 15 is 0 Å². The third kappa shape index (κ3) is 4.02. The molecule has 2 aromatic rings. The van der Waals surface area contributed by atoms with Crippen LogP contribution in [0.5, 0.6) is 0 Å². The Hall–Kier alpha value is -1.93. The van der Waals surface area contributed by atoms with Gasteiger partial charge in [0.05, 0.1) is 6.04 Å². The second-order valence-corrected chi connectivity index (χ2v) is 5.53. The molecule has 2 atom stereocenters. The number of benzene rings is 2. The average Bonchev–Trinajstić information content (AvgIpc) is 2.53. The van der Waals surface area contributed by atoms with E-state index in [1.165, 1.54) is 11.1 Å². The molecule has 0 fully saturated rings. The molecule has 0 bridgehead atoms. The summed E-state index contributed by atoms with van der Waals surface area (Å²) in [7, 11) is 0. The van der Waals surface area contributed by atoms with Gasteiger partial charge in [-0.1, -0.05) is 60.7 Å². The molecule has 0 heterocycles. The maximum Gasteiger partial charge on any atom is 0.146 e. The highest BCUT2D eigenvalue weighted by Gasteiger charge is 2.24. The second-order valence-electron chi connectivity index (χ2n) is 5.53. The van der Waals surface area contributed by atoms with Crippen molar-refractivity contribution >= 4 is 5.78 Å². The first-order chi connectivity index (χ1) is 10.1. The molecule has 2 aromatic carbocycles. The van der Waals surface area contributed by atoms with E-state index in [9.17, 15) is 4.79 Å². The number of hydrogen-bond acceptors (Lipinski definition) is 2. The van der Waals surface area contributed by atoms with Gasteiger partial charge in [-0.15, -0.1) is 0 Å². The summed E-state index contributed by atoms with van der Waals surface area (Å²) in [6, 6.07) is 20.8. The Balaban J connectivity index is 2.26. The highest BCUT2D eigenvalue weighted by molar-refractivity contribution is 5.81. The second kappa shape index (κ2) is 7.19. The van der Waals surface area contributed by atoms with E-state index < -0.39 is 0 Å². The molecule has 21 heavy (non-hydrogen) atoms. The Morgan fingerprint density at radius 2 is 1.48 bits per heavy atom. The third-order valence-corrected chi connectivity index (χ3v) is 4.07. The third-order valence-electron chi connectivity index (χ3n) is 4.07. The van der Waals surface area contributed by atoms with Crippen LogP contribution in [0.2, 0.25) is 0 Å². The van der Waals surface area contributed by atoms with Gasteiger partial charge < -0.3 is 0 Å². The zero-order chi connectivity index (χ0) is 15.2. The lowest BCUT2D eigenvalue weighted by atomic mass is 10.0. The smallest absolute Gasteiger partial charge is 0.146 e. The van der Waals surface area contributed by atoms with Gasteiger partial charge in [0.2, 0.25) is 0 Å². The number of Topliss-reactive ketones (excluding diaryl/α,β-unsaturated/α-hetero) is 1. The molecule has 0 aliphatic rings. The summed E-state index contributed by atoms with van der Waals surface area (Å²) in [5.41, 5.74) is 2.47. The van der Waals surface area contributed by atoms with Crippen LogP contribution in [0, 0.1) is 0 Å². The highest BCUT2D eigenvalue weighted by Crippen LogP contribution is 2.25. The summed E-state index contributed by atoms with van der Waals surface area (Å²) in [6.07, 6.45) is 0. The maximum absolute atomic E-state index is 11.9. The van der Waals surface area contributed by atoms with Crippen LogP contribution in [0.25, 0.3) is 0 Å². The fourth-order valence-electron chi connectivity index (χ4n) is 2.56. The van der Waals surface area contributed by atoms with Crippen molar-refractivity contribution in [2.75, 3.05) is 0 Å². The monoisotopic (exact) mass is 281 g/mol. The molecule has 0 amide bonds. The van der Waals surface area contributed by atoms with E-state index in [1.807, 2.05) is 43.3 Å². The van der Waals surface area contributed by atoms with Crippen LogP contribution in [0.4, 0.5) is 0 Å². The van der Waals surface area contributed by atoms with Gasteiger partial charge in [-0.3, -0.25) is 9.69 Å². The topological polar surface area (TPSA) is 20.3 Å². The van der Waals surface area contributed by atoms with Crippen LogP contribution in [0.3, 0.4) is 0 Å². The summed E-state index contributed by atoms with van der Waals surface area (Å²) in [5.74, 6) is 0.203. The maximum atomic E-state index is 11.9. The van der Waals surface area contributed by atoms with Gasteiger partial charge in [-0.05, 0) is 31.9 Å². The van der Waals surface area contributed by atoms with E-state index in [0.29, 0.717) is 0 Å². The van der Waals surface area contributed by atoms with Crippen molar-refractivity contribution in [1.82, 2.24) is 4.90 Å². The largest absolute Gasteiger partial charge is 0.298 e. The molecule has 0 radical (unpaired) electrons. The van der Waals surface area contributed by atoms with Gasteiger partial charge in [0, 0.05) is 12.6 Å². The molecule has 2 heteroatoms. The Morgan fingerprint density at radius 1 is 0.952 bits per heavy atom. The summed E-state index contributed by atoms with van der Waals surface area (Å²) >= 11 is 0. The zero-order valence-corrected chi connectivity index (χ0v) is 13.0. The Bertz CT molecular complexity index is 565. The predicted octanol–water partition coefficient (Wildman–Crippen LogP) is 4.23. The van der Waals surface area contributed by atoms with Crippen LogP contribution < -0.4 is 0 Å². The minimum Gasteiger partial charge on any atom is -0.298 e. The molecule has 0 aliphatic heterocycles. The summed E-state index contributed by atoms with van der Waals surface area (Å²) in [4.78, 5) is 14.1. The first-order valence-electron chi connectivity index (χ1n) is 7.44. The normalized spacial score (nSPS) is 13.9. The Labute approximate surface area is 127 Å². The molecule has 0 saturated heterocycles. The van der Waals surface area contributed by atoms with Crippen LogP contribution in [-0.2, 0) is 11.3 Å². The van der Waals surface area contributed by atoms with Crippen molar-refractivity contribution in [1.29, 1.82) is 0 Å².